The van der Waals surface area contributed by atoms with Gasteiger partial charge < -0.3 is 5.11 Å². The van der Waals surface area contributed by atoms with E-state index in [9.17, 15) is 0 Å². The van der Waals surface area contributed by atoms with E-state index in [1.807, 2.05) is 19.9 Å². The van der Waals surface area contributed by atoms with Gasteiger partial charge in [0.2, 0.25) is 0 Å². The number of halogens is 2. The van der Waals surface area contributed by atoms with Crippen LogP contribution in [-0.2, 0) is 21.7 Å². The van der Waals surface area contributed by atoms with Crippen LogP contribution in [0, 0.1) is 25.3 Å². The Kier molecular flexibility index (Phi) is 21.8. The second kappa shape index (κ2) is 16.5. The van der Waals surface area contributed by atoms with Gasteiger partial charge in [0.25, 0.3) is 0 Å². The van der Waals surface area contributed by atoms with E-state index in [2.05, 4.69) is 52.1 Å². The van der Waals surface area contributed by atoms with Crippen LogP contribution in [0.4, 0.5) is 0 Å². The van der Waals surface area contributed by atoms with Crippen molar-refractivity contribution in [3.05, 3.63) is 53.1 Å². The van der Waals surface area contributed by atoms with Crippen molar-refractivity contribution in [3.63, 3.8) is 0 Å². The zero-order chi connectivity index (χ0) is 16.5. The maximum atomic E-state index is 8.99. The van der Waals surface area contributed by atoms with Gasteiger partial charge >= 0.3 is 0 Å². The number of aryl methyl sites for hydroxylation is 2. The summed E-state index contributed by atoms with van der Waals surface area (Å²) < 4.78 is 0. The fraction of sp³-hybridized carbons (Fsp3) is 0.474. The Labute approximate surface area is 178 Å². The average molecular weight is 423 g/mol. The van der Waals surface area contributed by atoms with Crippen LogP contribution in [0.2, 0.25) is 13.1 Å². The van der Waals surface area contributed by atoms with Crippen LogP contribution < -0.4 is 0 Å². The van der Waals surface area contributed by atoms with Crippen LogP contribution in [0.15, 0.2) is 35.9 Å². The van der Waals surface area contributed by atoms with E-state index in [0.717, 1.165) is 27.1 Å². The quantitative estimate of drug-likeness (QED) is 0.396. The predicted octanol–water partition coefficient (Wildman–Crippen LogP) is 6.09. The molecule has 24 heavy (non-hydrogen) atoms. The smallest absolute Gasteiger partial charge is 0.116 e. The average Bonchev–Trinajstić information content (AvgIpc) is 2.81. The van der Waals surface area contributed by atoms with Crippen molar-refractivity contribution in [1.29, 1.82) is 0 Å². The first kappa shape index (κ1) is 31.8. The molecule has 0 aromatic heterocycles. The second-order valence-electron chi connectivity index (χ2n) is 6.37. The molecule has 0 aliphatic heterocycles. The Hall–Kier alpha value is 0.0112. The van der Waals surface area contributed by atoms with E-state index in [1.165, 1.54) is 5.57 Å². The van der Waals surface area contributed by atoms with Crippen LogP contribution in [0.5, 0.6) is 5.75 Å². The topological polar surface area (TPSA) is 20.2 Å². The van der Waals surface area contributed by atoms with Crippen molar-refractivity contribution < 1.29 is 26.8 Å². The number of allylic oxidation sites excluding steroid dienone is 4. The molecule has 137 valence electrons. The number of hydrogen-bond donors (Lipinski definition) is 1. The molecule has 0 bridgehead atoms. The van der Waals surface area contributed by atoms with Gasteiger partial charge in [0.05, 0.1) is 0 Å². The Morgan fingerprint density at radius 2 is 1.42 bits per heavy atom. The van der Waals surface area contributed by atoms with E-state index in [0.29, 0.717) is 11.2 Å². The molecule has 5 heteroatoms. The number of hydrogen-bond acceptors (Lipinski definition) is 1. The molecule has 1 nitrogen and oxygen atoms in total. The molecule has 1 aromatic rings. The molecular formula is C19H32Cl2OSiTi-. The van der Waals surface area contributed by atoms with Gasteiger partial charge in [0.1, 0.15) is 5.75 Å². The van der Waals surface area contributed by atoms with Crippen LogP contribution in [0.25, 0.3) is 0 Å². The minimum absolute atomic E-state index is 0. The van der Waals surface area contributed by atoms with Crippen molar-refractivity contribution in [2.24, 2.45) is 5.41 Å². The first-order valence-electron chi connectivity index (χ1n) is 7.49. The molecule has 0 atom stereocenters. The summed E-state index contributed by atoms with van der Waals surface area (Å²) in [5, 5.41) is 8.99. The monoisotopic (exact) mass is 422 g/mol. The van der Waals surface area contributed by atoms with E-state index in [-0.39, 0.29) is 46.5 Å². The van der Waals surface area contributed by atoms with Gasteiger partial charge in [-0.05, 0) is 42.5 Å². The SMILES string of the molecule is CC(C)(C)C1=[C-]CC=C1.C[SiH]C.Cc1cc(C)cc(O)c1.Cl.Cl.[Ti]. The Morgan fingerprint density at radius 1 is 1.00 bits per heavy atom. The number of benzene rings is 1. The first-order chi connectivity index (χ1) is 9.70. The summed E-state index contributed by atoms with van der Waals surface area (Å²) >= 11 is 0. The minimum atomic E-state index is 0. The van der Waals surface area contributed by atoms with Crippen LogP contribution in [0.1, 0.15) is 38.3 Å². The third kappa shape index (κ3) is 15.5. The number of aromatic hydroxyl groups is 1. The largest absolute Gasteiger partial charge is 0.508 e. The van der Waals surface area contributed by atoms with Gasteiger partial charge in [-0.25, -0.2) is 11.6 Å². The van der Waals surface area contributed by atoms with Crippen LogP contribution in [-0.4, -0.2) is 14.6 Å². The molecule has 0 saturated carbocycles. The summed E-state index contributed by atoms with van der Waals surface area (Å²) in [6.07, 6.45) is 8.63. The molecule has 1 aromatic carbocycles. The first-order valence-corrected chi connectivity index (χ1v) is 9.80. The fourth-order valence-corrected chi connectivity index (χ4v) is 1.87. The summed E-state index contributed by atoms with van der Waals surface area (Å²) in [7, 11) is 0.750. The van der Waals surface area contributed by atoms with Gasteiger partial charge in [0, 0.05) is 31.2 Å². The number of phenolic OH excluding ortho intramolecular Hbond substituents is 1. The van der Waals surface area contributed by atoms with Crippen molar-refractivity contribution in [3.8, 4) is 5.75 Å². The summed E-state index contributed by atoms with van der Waals surface area (Å²) in [6.45, 7) is 15.0. The Balaban J connectivity index is -0.000000130. The van der Waals surface area contributed by atoms with Crippen LogP contribution in [0.3, 0.4) is 0 Å². The second-order valence-corrected chi connectivity index (χ2v) is 7.52. The van der Waals surface area contributed by atoms with E-state index in [4.69, 9.17) is 5.11 Å². The maximum Gasteiger partial charge on any atom is 0.116 e. The molecular weight excluding hydrogens is 391 g/mol. The molecule has 0 unspecified atom stereocenters. The molecule has 0 fully saturated rings. The van der Waals surface area contributed by atoms with Crippen molar-refractivity contribution >= 4 is 34.3 Å². The van der Waals surface area contributed by atoms with Gasteiger partial charge in [-0.2, -0.15) is 6.08 Å². The molecule has 1 N–H and O–H groups in total. The van der Waals surface area contributed by atoms with Crippen molar-refractivity contribution in [2.45, 2.75) is 54.1 Å². The summed E-state index contributed by atoms with van der Waals surface area (Å²) in [5.74, 6) is 0.354. The van der Waals surface area contributed by atoms with E-state index >= 15 is 0 Å². The van der Waals surface area contributed by atoms with Crippen molar-refractivity contribution in [1.82, 2.24) is 0 Å². The zero-order valence-corrected chi connectivity index (χ0v) is 20.3. The van der Waals surface area contributed by atoms with Gasteiger partial charge in [-0.1, -0.05) is 39.9 Å². The minimum Gasteiger partial charge on any atom is -0.508 e. The van der Waals surface area contributed by atoms with Gasteiger partial charge in [0.15, 0.2) is 0 Å². The summed E-state index contributed by atoms with van der Waals surface area (Å²) in [5.41, 5.74) is 3.86. The Morgan fingerprint density at radius 3 is 1.62 bits per heavy atom. The molecule has 0 amide bonds. The normalized spacial score (nSPS) is 11.2. The molecule has 1 radical (unpaired) electrons. The fourth-order valence-electron chi connectivity index (χ4n) is 1.87. The number of rotatable bonds is 0. The van der Waals surface area contributed by atoms with E-state index in [1.54, 1.807) is 12.1 Å². The Bertz CT molecular complexity index is 444. The van der Waals surface area contributed by atoms with Gasteiger partial charge in [-0.3, -0.25) is 6.08 Å². The zero-order valence-electron chi connectivity index (χ0n) is 15.9. The summed E-state index contributed by atoms with van der Waals surface area (Å²) in [6, 6.07) is 5.51. The molecule has 0 heterocycles. The summed E-state index contributed by atoms with van der Waals surface area (Å²) in [4.78, 5) is 0. The van der Waals surface area contributed by atoms with Crippen molar-refractivity contribution in [2.75, 3.05) is 0 Å². The molecule has 0 saturated heterocycles. The third-order valence-corrected chi connectivity index (χ3v) is 2.71. The number of phenols is 1. The maximum absolute atomic E-state index is 8.99. The molecule has 1 aliphatic carbocycles. The molecule has 0 spiro atoms. The van der Waals surface area contributed by atoms with Crippen LogP contribution >= 0.6 is 24.8 Å². The standard InChI is InChI=1S/C9H13.C8H10O.C2H7Si.2ClH.Ti/c1-9(2,3)8-6-4-5-7-8;1-6-3-7(2)5-8(9)4-6;1-3-2;;;/h4,6H,5H2,1-3H3;3-5,9H,1-2H3;3H,1-2H3;2*1H;/q-1;;;;;. The predicted molar refractivity (Wildman–Crippen MR) is 111 cm³/mol. The molecule has 1 aliphatic rings. The third-order valence-electron chi connectivity index (χ3n) is 2.71. The molecule has 2 rings (SSSR count). The van der Waals surface area contributed by atoms with E-state index < -0.39 is 0 Å². The van der Waals surface area contributed by atoms with Gasteiger partial charge in [-0.15, -0.1) is 31.2 Å².